The Kier molecular flexibility index (Phi) is 5.17. The molecule has 5 heteroatoms. The molecule has 0 aliphatic rings. The van der Waals surface area contributed by atoms with Crippen molar-refractivity contribution in [3.05, 3.63) is 64.2 Å². The van der Waals surface area contributed by atoms with Crippen LogP contribution in [-0.4, -0.2) is 16.7 Å². The van der Waals surface area contributed by atoms with Crippen LogP contribution >= 0.6 is 11.6 Å². The Morgan fingerprint density at radius 3 is 2.55 bits per heavy atom. The molecule has 0 saturated heterocycles. The number of halogens is 1. The van der Waals surface area contributed by atoms with Gasteiger partial charge in [-0.1, -0.05) is 30.2 Å². The van der Waals surface area contributed by atoms with Crippen molar-refractivity contribution in [1.82, 2.24) is 5.43 Å². The van der Waals surface area contributed by atoms with Crippen LogP contribution in [0.25, 0.3) is 0 Å². The van der Waals surface area contributed by atoms with Crippen molar-refractivity contribution >= 4 is 23.2 Å². The summed E-state index contributed by atoms with van der Waals surface area (Å²) in [6, 6.07) is 11.8. The second kappa shape index (κ2) is 7.09. The van der Waals surface area contributed by atoms with E-state index < -0.39 is 0 Å². The Balaban J connectivity index is 2.20. The zero-order valence-electron chi connectivity index (χ0n) is 12.4. The fraction of sp³-hybridized carbons (Fsp3) is 0.176. The summed E-state index contributed by atoms with van der Waals surface area (Å²) in [4.78, 5) is 12.0. The monoisotopic (exact) mass is 316 g/mol. The first-order valence-electron chi connectivity index (χ1n) is 6.93. The molecule has 0 aliphatic carbocycles. The van der Waals surface area contributed by atoms with Crippen molar-refractivity contribution < 1.29 is 9.90 Å². The SMILES string of the molecule is CC/C(=N\NC(=O)c1ccc(Cl)cc1)c1cc(C)ccc1O. The van der Waals surface area contributed by atoms with Crippen LogP contribution in [0.1, 0.15) is 34.8 Å². The van der Waals surface area contributed by atoms with E-state index in [1.807, 2.05) is 26.0 Å². The Labute approximate surface area is 134 Å². The van der Waals surface area contributed by atoms with E-state index in [2.05, 4.69) is 10.5 Å². The maximum atomic E-state index is 12.0. The lowest BCUT2D eigenvalue weighted by Crippen LogP contribution is -2.20. The topological polar surface area (TPSA) is 61.7 Å². The fourth-order valence-corrected chi connectivity index (χ4v) is 2.12. The van der Waals surface area contributed by atoms with Gasteiger partial charge in [-0.15, -0.1) is 0 Å². The summed E-state index contributed by atoms with van der Waals surface area (Å²) in [5.74, 6) is -0.179. The molecule has 0 unspecified atom stereocenters. The molecule has 22 heavy (non-hydrogen) atoms. The van der Waals surface area contributed by atoms with Crippen LogP contribution in [-0.2, 0) is 0 Å². The van der Waals surface area contributed by atoms with Crippen LogP contribution < -0.4 is 5.43 Å². The Morgan fingerprint density at radius 1 is 1.23 bits per heavy atom. The van der Waals surface area contributed by atoms with E-state index in [0.717, 1.165) is 5.56 Å². The number of hydrogen-bond donors (Lipinski definition) is 2. The summed E-state index contributed by atoms with van der Waals surface area (Å²) in [6.45, 7) is 3.84. The molecular formula is C17H17ClN2O2. The third-order valence-electron chi connectivity index (χ3n) is 3.20. The largest absolute Gasteiger partial charge is 0.507 e. The number of benzene rings is 2. The van der Waals surface area contributed by atoms with E-state index >= 15 is 0 Å². The van der Waals surface area contributed by atoms with Gasteiger partial charge in [-0.25, -0.2) is 5.43 Å². The van der Waals surface area contributed by atoms with Crippen molar-refractivity contribution in [3.8, 4) is 5.75 Å². The predicted octanol–water partition coefficient (Wildman–Crippen LogP) is 3.90. The first kappa shape index (κ1) is 16.0. The maximum Gasteiger partial charge on any atom is 0.271 e. The van der Waals surface area contributed by atoms with Gasteiger partial charge in [0, 0.05) is 16.1 Å². The molecule has 2 rings (SSSR count). The van der Waals surface area contributed by atoms with Crippen molar-refractivity contribution in [2.24, 2.45) is 5.10 Å². The second-order valence-electron chi connectivity index (χ2n) is 4.88. The molecule has 0 saturated carbocycles. The van der Waals surface area contributed by atoms with Crippen LogP contribution in [0.4, 0.5) is 0 Å². The minimum atomic E-state index is -0.324. The van der Waals surface area contributed by atoms with E-state index in [-0.39, 0.29) is 11.7 Å². The summed E-state index contributed by atoms with van der Waals surface area (Å²) in [7, 11) is 0. The molecule has 0 heterocycles. The number of phenolic OH excluding ortho intramolecular Hbond substituents is 1. The number of hydrogen-bond acceptors (Lipinski definition) is 3. The summed E-state index contributed by atoms with van der Waals surface area (Å²) >= 11 is 5.79. The standard InChI is InChI=1S/C17H17ClN2O2/c1-3-15(14-10-11(2)4-9-16(14)21)19-20-17(22)12-5-7-13(18)8-6-12/h4-10,21H,3H2,1-2H3,(H,20,22)/b19-15+. The van der Waals surface area contributed by atoms with Gasteiger partial charge >= 0.3 is 0 Å². The summed E-state index contributed by atoms with van der Waals surface area (Å²) < 4.78 is 0. The first-order chi connectivity index (χ1) is 10.5. The lowest BCUT2D eigenvalue weighted by molar-refractivity contribution is 0.0955. The van der Waals surface area contributed by atoms with Gasteiger partial charge in [-0.05, 0) is 49.7 Å². The number of carbonyl (C=O) groups excluding carboxylic acids is 1. The number of phenols is 1. The Hall–Kier alpha value is -2.33. The van der Waals surface area contributed by atoms with Gasteiger partial charge in [-0.2, -0.15) is 5.10 Å². The van der Waals surface area contributed by atoms with Crippen molar-refractivity contribution in [3.63, 3.8) is 0 Å². The highest BCUT2D eigenvalue weighted by Crippen LogP contribution is 2.20. The van der Waals surface area contributed by atoms with Gasteiger partial charge < -0.3 is 5.11 Å². The molecule has 2 N–H and O–H groups in total. The smallest absolute Gasteiger partial charge is 0.271 e. The summed E-state index contributed by atoms with van der Waals surface area (Å²) in [5.41, 5.74) is 5.23. The van der Waals surface area contributed by atoms with Gasteiger partial charge in [0.15, 0.2) is 0 Å². The van der Waals surface area contributed by atoms with Crippen molar-refractivity contribution in [2.45, 2.75) is 20.3 Å². The highest BCUT2D eigenvalue weighted by atomic mass is 35.5. The second-order valence-corrected chi connectivity index (χ2v) is 5.32. The molecule has 0 bridgehead atoms. The zero-order valence-corrected chi connectivity index (χ0v) is 13.2. The lowest BCUT2D eigenvalue weighted by atomic mass is 10.0. The number of aryl methyl sites for hydroxylation is 1. The van der Waals surface area contributed by atoms with Crippen LogP contribution in [0.2, 0.25) is 5.02 Å². The van der Waals surface area contributed by atoms with Crippen molar-refractivity contribution in [1.29, 1.82) is 0 Å². The third-order valence-corrected chi connectivity index (χ3v) is 3.45. The minimum Gasteiger partial charge on any atom is -0.507 e. The molecule has 2 aromatic rings. The quantitative estimate of drug-likeness (QED) is 0.664. The number of rotatable bonds is 4. The highest BCUT2D eigenvalue weighted by molar-refractivity contribution is 6.30. The van der Waals surface area contributed by atoms with E-state index in [9.17, 15) is 9.90 Å². The molecule has 0 aliphatic heterocycles. The third kappa shape index (κ3) is 3.86. The lowest BCUT2D eigenvalue weighted by Gasteiger charge is -2.08. The Morgan fingerprint density at radius 2 is 1.91 bits per heavy atom. The minimum absolute atomic E-state index is 0.145. The number of nitrogens with one attached hydrogen (secondary N) is 1. The van der Waals surface area contributed by atoms with Crippen molar-refractivity contribution in [2.75, 3.05) is 0 Å². The zero-order chi connectivity index (χ0) is 16.1. The molecular weight excluding hydrogens is 300 g/mol. The molecule has 0 aromatic heterocycles. The number of amides is 1. The van der Waals surface area contributed by atoms with Crippen LogP contribution in [0.3, 0.4) is 0 Å². The average molecular weight is 317 g/mol. The molecule has 0 spiro atoms. The highest BCUT2D eigenvalue weighted by Gasteiger charge is 2.09. The van der Waals surface area contributed by atoms with Gasteiger partial charge in [0.1, 0.15) is 5.75 Å². The normalized spacial score (nSPS) is 11.3. The summed E-state index contributed by atoms with van der Waals surface area (Å²) in [6.07, 6.45) is 0.581. The van der Waals surface area contributed by atoms with Crippen LogP contribution in [0.15, 0.2) is 47.6 Å². The number of nitrogens with zero attached hydrogens (tertiary/aromatic N) is 1. The molecule has 2 aromatic carbocycles. The van der Waals surface area contributed by atoms with Gasteiger partial charge in [-0.3, -0.25) is 4.79 Å². The molecule has 1 amide bonds. The van der Waals surface area contributed by atoms with E-state index in [1.165, 1.54) is 0 Å². The van der Waals surface area contributed by atoms with Crippen LogP contribution in [0.5, 0.6) is 5.75 Å². The molecule has 0 fully saturated rings. The molecule has 114 valence electrons. The van der Waals surface area contributed by atoms with Gasteiger partial charge in [0.2, 0.25) is 0 Å². The molecule has 0 radical (unpaired) electrons. The average Bonchev–Trinajstić information content (AvgIpc) is 2.51. The first-order valence-corrected chi connectivity index (χ1v) is 7.31. The number of carbonyl (C=O) groups is 1. The molecule has 0 atom stereocenters. The summed E-state index contributed by atoms with van der Waals surface area (Å²) in [5, 5.41) is 14.6. The van der Waals surface area contributed by atoms with E-state index in [0.29, 0.717) is 28.3 Å². The van der Waals surface area contributed by atoms with E-state index in [1.54, 1.807) is 30.3 Å². The fourth-order valence-electron chi connectivity index (χ4n) is 1.99. The predicted molar refractivity (Wildman–Crippen MR) is 88.6 cm³/mol. The van der Waals surface area contributed by atoms with Gasteiger partial charge in [0.25, 0.3) is 5.91 Å². The van der Waals surface area contributed by atoms with Crippen LogP contribution in [0, 0.1) is 6.92 Å². The maximum absolute atomic E-state index is 12.0. The number of aromatic hydroxyl groups is 1. The van der Waals surface area contributed by atoms with Gasteiger partial charge in [0.05, 0.1) is 5.71 Å². The number of hydrazone groups is 1. The molecule has 4 nitrogen and oxygen atoms in total. The Bertz CT molecular complexity index is 709. The van der Waals surface area contributed by atoms with E-state index in [4.69, 9.17) is 11.6 Å².